The van der Waals surface area contributed by atoms with Crippen molar-refractivity contribution in [2.75, 3.05) is 0 Å². The molecule has 0 amide bonds. The molecule has 0 saturated heterocycles. The van der Waals surface area contributed by atoms with Crippen LogP contribution in [0.1, 0.15) is 25.0 Å². The first kappa shape index (κ1) is 30.2. The van der Waals surface area contributed by atoms with E-state index in [0.717, 1.165) is 16.7 Å². The number of rotatable bonds is 5. The molecule has 10 rings (SSSR count). The van der Waals surface area contributed by atoms with Crippen LogP contribution in [0, 0.1) is 0 Å². The molecule has 0 fully saturated rings. The van der Waals surface area contributed by atoms with E-state index in [4.69, 9.17) is 15.0 Å². The van der Waals surface area contributed by atoms with E-state index in [2.05, 4.69) is 152 Å². The molecule has 0 unspecified atom stereocenters. The SMILES string of the molecule is CC1(C)c2cc(-c3nc(-c4ccccc4)nc(-c4ccccc4)n3)ccc2-n2c3cc(-c4ccccc4)ccc3c3ccc(-c4ccccc4)c1c32. The van der Waals surface area contributed by atoms with Gasteiger partial charge in [-0.2, -0.15) is 0 Å². The molecule has 0 saturated carbocycles. The van der Waals surface area contributed by atoms with Gasteiger partial charge in [0.1, 0.15) is 0 Å². The fraction of sp³-hybridized carbons (Fsp3) is 0.0625. The molecule has 4 heteroatoms. The Morgan fingerprint density at radius 1 is 0.423 bits per heavy atom. The average Bonchev–Trinajstić information content (AvgIpc) is 3.54. The minimum absolute atomic E-state index is 0.347. The van der Waals surface area contributed by atoms with Gasteiger partial charge in [0.25, 0.3) is 0 Å². The minimum Gasteiger partial charge on any atom is -0.309 e. The summed E-state index contributed by atoms with van der Waals surface area (Å²) >= 11 is 0. The zero-order valence-electron chi connectivity index (χ0n) is 29.0. The van der Waals surface area contributed by atoms with Gasteiger partial charge in [-0.05, 0) is 57.6 Å². The molecule has 52 heavy (non-hydrogen) atoms. The first-order valence-electron chi connectivity index (χ1n) is 17.8. The van der Waals surface area contributed by atoms with Gasteiger partial charge in [-0.1, -0.05) is 159 Å². The lowest BCUT2D eigenvalue weighted by Gasteiger charge is -2.36. The van der Waals surface area contributed by atoms with Crippen LogP contribution < -0.4 is 0 Å². The predicted octanol–water partition coefficient (Wildman–Crippen LogP) is 11.9. The Bertz CT molecular complexity index is 2730. The van der Waals surface area contributed by atoms with Crippen LogP contribution in [0.3, 0.4) is 0 Å². The van der Waals surface area contributed by atoms with E-state index in [9.17, 15) is 0 Å². The Hall–Kier alpha value is -6.65. The normalized spacial score (nSPS) is 13.0. The van der Waals surface area contributed by atoms with E-state index >= 15 is 0 Å². The number of aromatic nitrogens is 4. The fourth-order valence-corrected chi connectivity index (χ4v) is 8.10. The maximum absolute atomic E-state index is 5.10. The molecule has 1 aliphatic rings. The molecule has 246 valence electrons. The van der Waals surface area contributed by atoms with Crippen molar-refractivity contribution in [3.05, 3.63) is 181 Å². The molecular weight excluding hydrogens is 633 g/mol. The molecule has 1 aliphatic heterocycles. The summed E-state index contributed by atoms with van der Waals surface area (Å²) in [5.74, 6) is 1.97. The number of hydrogen-bond donors (Lipinski definition) is 0. The van der Waals surface area contributed by atoms with Crippen molar-refractivity contribution >= 4 is 21.8 Å². The first-order valence-corrected chi connectivity index (χ1v) is 17.8. The van der Waals surface area contributed by atoms with Gasteiger partial charge in [-0.3, -0.25) is 0 Å². The summed E-state index contributed by atoms with van der Waals surface area (Å²) < 4.78 is 2.50. The zero-order valence-corrected chi connectivity index (χ0v) is 29.0. The van der Waals surface area contributed by atoms with E-state index < -0.39 is 0 Å². The van der Waals surface area contributed by atoms with Gasteiger partial charge in [-0.15, -0.1) is 0 Å². The Balaban J connectivity index is 1.25. The number of benzene rings is 7. The third-order valence-electron chi connectivity index (χ3n) is 10.6. The molecule has 0 spiro atoms. The molecular formula is C48H34N4. The third-order valence-corrected chi connectivity index (χ3v) is 10.6. The van der Waals surface area contributed by atoms with Crippen LogP contribution in [0.25, 0.3) is 83.9 Å². The summed E-state index contributed by atoms with van der Waals surface area (Å²) in [6, 6.07) is 60.1. The highest BCUT2D eigenvalue weighted by molar-refractivity contribution is 6.14. The summed E-state index contributed by atoms with van der Waals surface area (Å²) in [6.45, 7) is 4.73. The molecule has 2 aromatic heterocycles. The van der Waals surface area contributed by atoms with E-state index in [-0.39, 0.29) is 5.41 Å². The maximum atomic E-state index is 5.10. The lowest BCUT2D eigenvalue weighted by atomic mass is 9.71. The van der Waals surface area contributed by atoms with Gasteiger partial charge in [0.15, 0.2) is 17.5 Å². The Kier molecular flexibility index (Phi) is 6.80. The quantitative estimate of drug-likeness (QED) is 0.184. The number of fused-ring (bicyclic) bond motifs is 5. The number of nitrogens with zero attached hydrogens (tertiary/aromatic N) is 4. The second-order valence-corrected chi connectivity index (χ2v) is 14.1. The monoisotopic (exact) mass is 666 g/mol. The zero-order chi connectivity index (χ0) is 34.8. The summed E-state index contributed by atoms with van der Waals surface area (Å²) in [4.78, 5) is 15.2. The molecule has 3 heterocycles. The van der Waals surface area contributed by atoms with Crippen LogP contribution in [0.15, 0.2) is 170 Å². The second kappa shape index (κ2) is 11.7. The van der Waals surface area contributed by atoms with Gasteiger partial charge in [0, 0.05) is 32.9 Å². The lowest BCUT2D eigenvalue weighted by molar-refractivity contribution is 0.632. The Morgan fingerprint density at radius 3 is 1.52 bits per heavy atom. The molecule has 4 nitrogen and oxygen atoms in total. The predicted molar refractivity (Wildman–Crippen MR) is 213 cm³/mol. The van der Waals surface area contributed by atoms with E-state index in [0.29, 0.717) is 17.5 Å². The molecule has 0 radical (unpaired) electrons. The summed E-state index contributed by atoms with van der Waals surface area (Å²) in [5.41, 5.74) is 13.6. The van der Waals surface area contributed by atoms with Crippen LogP contribution in [0.4, 0.5) is 0 Å². The van der Waals surface area contributed by atoms with Crippen molar-refractivity contribution in [3.63, 3.8) is 0 Å². The van der Waals surface area contributed by atoms with Crippen molar-refractivity contribution in [1.29, 1.82) is 0 Å². The van der Waals surface area contributed by atoms with Crippen molar-refractivity contribution < 1.29 is 0 Å². The molecule has 9 aromatic rings. The first-order chi connectivity index (χ1) is 25.5. The van der Waals surface area contributed by atoms with Gasteiger partial charge in [-0.25, -0.2) is 15.0 Å². The molecule has 0 bridgehead atoms. The standard InChI is InChI=1S/C48H34N4/c1-48(2)40-29-36(47-50-45(33-19-11-5-12-20-33)49-46(51-47)34-21-13-6-14-22-34)24-28-41(40)52-42-30-35(31-15-7-3-8-16-31)23-25-38(42)39-27-26-37(43(48)44(39)52)32-17-9-4-10-18-32/h3-30H,1-2H3. The molecule has 7 aromatic carbocycles. The average molecular weight is 667 g/mol. The highest BCUT2D eigenvalue weighted by Gasteiger charge is 2.38. The van der Waals surface area contributed by atoms with Crippen molar-refractivity contribution in [2.45, 2.75) is 19.3 Å². The summed E-state index contributed by atoms with van der Waals surface area (Å²) in [5, 5.41) is 2.52. The maximum Gasteiger partial charge on any atom is 0.164 e. The van der Waals surface area contributed by atoms with Crippen molar-refractivity contribution in [1.82, 2.24) is 19.5 Å². The van der Waals surface area contributed by atoms with Gasteiger partial charge in [0.2, 0.25) is 0 Å². The van der Waals surface area contributed by atoms with Crippen LogP contribution in [-0.2, 0) is 5.41 Å². The van der Waals surface area contributed by atoms with Crippen LogP contribution in [0.2, 0.25) is 0 Å². The molecule has 0 aliphatic carbocycles. The van der Waals surface area contributed by atoms with Crippen molar-refractivity contribution in [3.8, 4) is 62.1 Å². The third kappa shape index (κ3) is 4.72. The van der Waals surface area contributed by atoms with Crippen LogP contribution in [-0.4, -0.2) is 19.5 Å². The lowest BCUT2D eigenvalue weighted by Crippen LogP contribution is -2.27. The van der Waals surface area contributed by atoms with Gasteiger partial charge >= 0.3 is 0 Å². The number of hydrogen-bond acceptors (Lipinski definition) is 3. The molecule has 0 N–H and O–H groups in total. The Morgan fingerprint density at radius 2 is 0.923 bits per heavy atom. The minimum atomic E-state index is -0.347. The van der Waals surface area contributed by atoms with E-state index in [1.165, 1.54) is 60.9 Å². The highest BCUT2D eigenvalue weighted by atomic mass is 15.0. The molecule has 0 atom stereocenters. The van der Waals surface area contributed by atoms with Crippen LogP contribution in [0.5, 0.6) is 0 Å². The van der Waals surface area contributed by atoms with Crippen molar-refractivity contribution in [2.24, 2.45) is 0 Å². The van der Waals surface area contributed by atoms with E-state index in [1.54, 1.807) is 0 Å². The largest absolute Gasteiger partial charge is 0.309 e. The summed E-state index contributed by atoms with van der Waals surface area (Å²) in [6.07, 6.45) is 0. The van der Waals surface area contributed by atoms with Gasteiger partial charge in [0.05, 0.1) is 16.7 Å². The topological polar surface area (TPSA) is 43.6 Å². The van der Waals surface area contributed by atoms with Gasteiger partial charge < -0.3 is 4.57 Å². The Labute approximate surface area is 302 Å². The highest BCUT2D eigenvalue weighted by Crippen LogP contribution is 2.51. The van der Waals surface area contributed by atoms with E-state index in [1.807, 2.05) is 36.4 Å². The fourth-order valence-electron chi connectivity index (χ4n) is 8.10. The second-order valence-electron chi connectivity index (χ2n) is 14.1. The smallest absolute Gasteiger partial charge is 0.164 e. The van der Waals surface area contributed by atoms with Crippen LogP contribution >= 0.6 is 0 Å². The summed E-state index contributed by atoms with van der Waals surface area (Å²) in [7, 11) is 0.